The van der Waals surface area contributed by atoms with Crippen LogP contribution >= 0.6 is 0 Å². The third-order valence-corrected chi connectivity index (χ3v) is 5.64. The lowest BCUT2D eigenvalue weighted by Gasteiger charge is -2.37. The van der Waals surface area contributed by atoms with Gasteiger partial charge in [-0.3, -0.25) is 14.7 Å². The first kappa shape index (κ1) is 22.9. The standard InChI is InChI=1S/C17H33N5O5S/c1-18-17(19-3-10-26-13-14-28(2,24)25)22-6-4-20(5-7-22)15-16(23)21-8-11-27-12-9-21/h3-15H2,1-2H3,(H,18,19). The SMILES string of the molecule is CN=C(NCCOCCS(C)(=O)=O)N1CCN(CC(=O)N2CCOCC2)CC1. The van der Waals surface area contributed by atoms with Crippen LogP contribution < -0.4 is 5.32 Å². The number of piperazine rings is 1. The molecule has 10 nitrogen and oxygen atoms in total. The van der Waals surface area contributed by atoms with Gasteiger partial charge in [0.2, 0.25) is 5.91 Å². The maximum Gasteiger partial charge on any atom is 0.236 e. The Morgan fingerprint density at radius 2 is 1.75 bits per heavy atom. The molecule has 2 heterocycles. The first-order valence-electron chi connectivity index (χ1n) is 9.68. The minimum Gasteiger partial charge on any atom is -0.379 e. The second-order valence-electron chi connectivity index (χ2n) is 6.97. The number of hydrogen-bond donors (Lipinski definition) is 1. The molecule has 0 aromatic heterocycles. The van der Waals surface area contributed by atoms with Crippen molar-refractivity contribution in [3.8, 4) is 0 Å². The van der Waals surface area contributed by atoms with Crippen LogP contribution in [0.1, 0.15) is 0 Å². The van der Waals surface area contributed by atoms with Gasteiger partial charge in [-0.05, 0) is 0 Å². The van der Waals surface area contributed by atoms with Crippen LogP contribution in [0.2, 0.25) is 0 Å². The molecule has 2 rings (SSSR count). The molecular weight excluding hydrogens is 386 g/mol. The van der Waals surface area contributed by atoms with Crippen molar-refractivity contribution in [3.05, 3.63) is 0 Å². The Hall–Kier alpha value is -1.43. The molecule has 0 aromatic carbocycles. The third-order valence-electron chi connectivity index (χ3n) is 4.73. The lowest BCUT2D eigenvalue weighted by molar-refractivity contribution is -0.136. The number of rotatable bonds is 8. The Labute approximate surface area is 167 Å². The number of guanidine groups is 1. The van der Waals surface area contributed by atoms with Gasteiger partial charge in [0.15, 0.2) is 5.96 Å². The number of hydrogen-bond acceptors (Lipinski definition) is 7. The van der Waals surface area contributed by atoms with Gasteiger partial charge in [-0.15, -0.1) is 0 Å². The van der Waals surface area contributed by atoms with Crippen molar-refractivity contribution in [1.29, 1.82) is 0 Å². The average molecular weight is 420 g/mol. The molecule has 0 atom stereocenters. The van der Waals surface area contributed by atoms with Gasteiger partial charge in [0.05, 0.1) is 38.7 Å². The number of ether oxygens (including phenoxy) is 2. The molecule has 2 aliphatic heterocycles. The number of amides is 1. The van der Waals surface area contributed by atoms with Crippen LogP contribution in [0.15, 0.2) is 4.99 Å². The van der Waals surface area contributed by atoms with E-state index < -0.39 is 9.84 Å². The first-order chi connectivity index (χ1) is 13.4. The van der Waals surface area contributed by atoms with Crippen molar-refractivity contribution in [1.82, 2.24) is 20.0 Å². The highest BCUT2D eigenvalue weighted by Gasteiger charge is 2.24. The van der Waals surface area contributed by atoms with Gasteiger partial charge < -0.3 is 24.6 Å². The predicted octanol–water partition coefficient (Wildman–Crippen LogP) is -1.90. The van der Waals surface area contributed by atoms with Crippen molar-refractivity contribution in [2.24, 2.45) is 4.99 Å². The first-order valence-corrected chi connectivity index (χ1v) is 11.7. The Bertz CT molecular complexity index is 613. The summed E-state index contributed by atoms with van der Waals surface area (Å²) < 4.78 is 32.7. The molecule has 1 amide bonds. The van der Waals surface area contributed by atoms with Crippen LogP contribution in [0.5, 0.6) is 0 Å². The molecular formula is C17H33N5O5S. The summed E-state index contributed by atoms with van der Waals surface area (Å²) in [5.41, 5.74) is 0. The number of morpholine rings is 1. The molecule has 0 bridgehead atoms. The van der Waals surface area contributed by atoms with E-state index in [9.17, 15) is 13.2 Å². The smallest absolute Gasteiger partial charge is 0.236 e. The maximum absolute atomic E-state index is 12.4. The van der Waals surface area contributed by atoms with E-state index in [1.54, 1.807) is 7.05 Å². The zero-order valence-corrected chi connectivity index (χ0v) is 17.7. The number of aliphatic imine (C=N–C) groups is 1. The van der Waals surface area contributed by atoms with Gasteiger partial charge in [0.1, 0.15) is 9.84 Å². The van der Waals surface area contributed by atoms with E-state index >= 15 is 0 Å². The van der Waals surface area contributed by atoms with E-state index in [-0.39, 0.29) is 18.3 Å². The second-order valence-corrected chi connectivity index (χ2v) is 9.23. The molecule has 2 saturated heterocycles. The van der Waals surface area contributed by atoms with Gasteiger partial charge in [0, 0.05) is 59.1 Å². The molecule has 11 heteroatoms. The molecule has 2 fully saturated rings. The van der Waals surface area contributed by atoms with Gasteiger partial charge >= 0.3 is 0 Å². The van der Waals surface area contributed by atoms with Crippen molar-refractivity contribution in [2.45, 2.75) is 0 Å². The van der Waals surface area contributed by atoms with Crippen LogP contribution in [0.3, 0.4) is 0 Å². The average Bonchev–Trinajstić information content (AvgIpc) is 2.68. The Morgan fingerprint density at radius 1 is 1.07 bits per heavy atom. The molecule has 162 valence electrons. The van der Waals surface area contributed by atoms with Crippen LogP contribution in [0.4, 0.5) is 0 Å². The van der Waals surface area contributed by atoms with E-state index in [1.165, 1.54) is 6.26 Å². The summed E-state index contributed by atoms with van der Waals surface area (Å²) in [6.07, 6.45) is 1.20. The molecule has 0 unspecified atom stereocenters. The van der Waals surface area contributed by atoms with Crippen LogP contribution in [0, 0.1) is 0 Å². The fourth-order valence-electron chi connectivity index (χ4n) is 3.10. The molecule has 0 radical (unpaired) electrons. The third kappa shape index (κ3) is 8.29. The summed E-state index contributed by atoms with van der Waals surface area (Å²) in [6, 6.07) is 0. The normalized spacial score (nSPS) is 19.7. The van der Waals surface area contributed by atoms with Crippen LogP contribution in [-0.4, -0.2) is 133 Å². The number of sulfone groups is 1. The zero-order valence-electron chi connectivity index (χ0n) is 16.9. The van der Waals surface area contributed by atoms with Gasteiger partial charge in [-0.1, -0.05) is 0 Å². The Balaban J connectivity index is 1.63. The fourth-order valence-corrected chi connectivity index (χ4v) is 3.52. The van der Waals surface area contributed by atoms with Gasteiger partial charge in [-0.25, -0.2) is 8.42 Å². The zero-order chi connectivity index (χ0) is 20.4. The number of carbonyl (C=O) groups is 1. The molecule has 0 aromatic rings. The molecule has 1 N–H and O–H groups in total. The summed E-state index contributed by atoms with van der Waals surface area (Å²) in [4.78, 5) is 22.9. The second kappa shape index (κ2) is 11.5. The molecule has 0 spiro atoms. The lowest BCUT2D eigenvalue weighted by atomic mass is 10.3. The van der Waals surface area contributed by atoms with Crippen LogP contribution in [0.25, 0.3) is 0 Å². The van der Waals surface area contributed by atoms with E-state index in [0.29, 0.717) is 46.0 Å². The van der Waals surface area contributed by atoms with Crippen molar-refractivity contribution >= 4 is 21.7 Å². The number of nitrogens with one attached hydrogen (secondary N) is 1. The molecule has 0 saturated carbocycles. The van der Waals surface area contributed by atoms with E-state index in [4.69, 9.17) is 9.47 Å². The highest BCUT2D eigenvalue weighted by Crippen LogP contribution is 2.05. The quantitative estimate of drug-likeness (QED) is 0.276. The maximum atomic E-state index is 12.4. The van der Waals surface area contributed by atoms with Gasteiger partial charge in [-0.2, -0.15) is 0 Å². The highest BCUT2D eigenvalue weighted by atomic mass is 32.2. The summed E-state index contributed by atoms with van der Waals surface area (Å²) in [7, 11) is -1.25. The Kier molecular flexibility index (Phi) is 9.42. The molecule has 2 aliphatic rings. The van der Waals surface area contributed by atoms with E-state index in [1.807, 2.05) is 4.90 Å². The minimum atomic E-state index is -2.99. The summed E-state index contributed by atoms with van der Waals surface area (Å²) >= 11 is 0. The molecule has 28 heavy (non-hydrogen) atoms. The number of nitrogens with zero attached hydrogens (tertiary/aromatic N) is 4. The van der Waals surface area contributed by atoms with Crippen molar-refractivity contribution in [3.63, 3.8) is 0 Å². The monoisotopic (exact) mass is 419 g/mol. The van der Waals surface area contributed by atoms with E-state index in [2.05, 4.69) is 20.1 Å². The summed E-state index contributed by atoms with van der Waals surface area (Å²) in [5.74, 6) is 1.00. The largest absolute Gasteiger partial charge is 0.379 e. The number of carbonyl (C=O) groups excluding carboxylic acids is 1. The predicted molar refractivity (Wildman–Crippen MR) is 107 cm³/mol. The Morgan fingerprint density at radius 3 is 2.36 bits per heavy atom. The van der Waals surface area contributed by atoms with Crippen LogP contribution in [-0.2, 0) is 24.1 Å². The van der Waals surface area contributed by atoms with E-state index in [0.717, 1.165) is 32.1 Å². The topological polar surface area (TPSA) is 104 Å². The highest BCUT2D eigenvalue weighted by molar-refractivity contribution is 7.90. The van der Waals surface area contributed by atoms with Gasteiger partial charge in [0.25, 0.3) is 0 Å². The minimum absolute atomic E-state index is 0.0346. The summed E-state index contributed by atoms with van der Waals surface area (Å²) in [6.45, 7) is 7.46. The lowest BCUT2D eigenvalue weighted by Crippen LogP contribution is -2.55. The van der Waals surface area contributed by atoms with Crippen molar-refractivity contribution in [2.75, 3.05) is 97.8 Å². The fraction of sp³-hybridized carbons (Fsp3) is 0.882. The van der Waals surface area contributed by atoms with Crippen molar-refractivity contribution < 1.29 is 22.7 Å². The summed E-state index contributed by atoms with van der Waals surface area (Å²) in [5, 5.41) is 3.24. The molecule has 0 aliphatic carbocycles.